The Bertz CT molecular complexity index is 2270. The van der Waals surface area contributed by atoms with Gasteiger partial charge >= 0.3 is 0 Å². The third-order valence-electron chi connectivity index (χ3n) is 7.86. The van der Waals surface area contributed by atoms with Gasteiger partial charge in [-0.2, -0.15) is 0 Å². The van der Waals surface area contributed by atoms with Crippen LogP contribution >= 0.6 is 36.0 Å². The summed E-state index contributed by atoms with van der Waals surface area (Å²) in [5.74, 6) is 1.87. The average molecular weight is 579 g/mol. The van der Waals surface area contributed by atoms with E-state index >= 15 is 0 Å². The second kappa shape index (κ2) is 7.73. The number of aromatic nitrogens is 2. The number of aryl methyl sites for hydroxylation is 1. The van der Waals surface area contributed by atoms with Crippen LogP contribution in [0.2, 0.25) is 10.0 Å². The first-order chi connectivity index (χ1) is 19.5. The molecule has 4 heterocycles. The van der Waals surface area contributed by atoms with Gasteiger partial charge < -0.3 is 14.0 Å². The normalized spacial score (nSPS) is 13.3. The molecule has 0 spiro atoms. The minimum Gasteiger partial charge on any atom is -0.451 e. The zero-order chi connectivity index (χ0) is 26.9. The van der Waals surface area contributed by atoms with E-state index in [0.29, 0.717) is 55.1 Å². The maximum atomic E-state index is 6.94. The summed E-state index contributed by atoms with van der Waals surface area (Å²) in [7, 11) is 2.04. The van der Waals surface area contributed by atoms with Gasteiger partial charge in [0.1, 0.15) is 32.1 Å². The van der Waals surface area contributed by atoms with Crippen LogP contribution in [0.1, 0.15) is 0 Å². The van der Waals surface area contributed by atoms with Crippen LogP contribution in [-0.4, -0.2) is 8.54 Å². The maximum Gasteiger partial charge on any atom is 0.175 e. The lowest BCUT2D eigenvalue weighted by molar-refractivity contribution is 0.452. The standard InChI is InChI=1S/C31H16Cl2N4O2S/c1-36-20-8-4-2-6-14(20)16-10-18-24(12-22(16)36)38-30-26(32)29-31(27(33)28(30)34-18)39-25-13-23-17(11-19(25)35-29)15-7-3-5-9-21(15)37(23)40/h2-13,40H,1H3. The minimum absolute atomic E-state index is 0.291. The molecule has 9 heteroatoms. The predicted octanol–water partition coefficient (Wildman–Crippen LogP) is 8.55. The summed E-state index contributed by atoms with van der Waals surface area (Å²) in [5, 5.41) is 5.73. The molecule has 2 aromatic heterocycles. The number of rotatable bonds is 0. The summed E-state index contributed by atoms with van der Waals surface area (Å²) >= 11 is 18.6. The van der Waals surface area contributed by atoms with Crippen LogP contribution < -0.4 is 20.2 Å². The average Bonchev–Trinajstić information content (AvgIpc) is 3.42. The van der Waals surface area contributed by atoms with Crippen molar-refractivity contribution in [2.75, 3.05) is 0 Å². The molecule has 0 aliphatic carbocycles. The summed E-state index contributed by atoms with van der Waals surface area (Å²) in [6, 6.07) is 24.3. The van der Waals surface area contributed by atoms with E-state index in [9.17, 15) is 0 Å². The van der Waals surface area contributed by atoms with Gasteiger partial charge in [0.15, 0.2) is 23.0 Å². The molecule has 0 atom stereocenters. The number of hydrogen-bond acceptors (Lipinski definition) is 5. The van der Waals surface area contributed by atoms with E-state index in [0.717, 1.165) is 43.6 Å². The van der Waals surface area contributed by atoms with Crippen LogP contribution in [-0.2, 0) is 7.05 Å². The monoisotopic (exact) mass is 578 g/mol. The van der Waals surface area contributed by atoms with Gasteiger partial charge in [0.25, 0.3) is 0 Å². The van der Waals surface area contributed by atoms with Crippen molar-refractivity contribution < 1.29 is 9.47 Å². The fourth-order valence-electron chi connectivity index (χ4n) is 5.95. The molecule has 0 fully saturated rings. The van der Waals surface area contributed by atoms with E-state index < -0.39 is 0 Å². The summed E-state index contributed by atoms with van der Waals surface area (Å²) < 4.78 is 16.7. The highest BCUT2D eigenvalue weighted by molar-refractivity contribution is 7.79. The number of ether oxygens (including phenoxy) is 2. The van der Waals surface area contributed by atoms with Crippen molar-refractivity contribution in [1.29, 1.82) is 0 Å². The van der Waals surface area contributed by atoms with Gasteiger partial charge in [-0.05, 0) is 24.3 Å². The molecule has 192 valence electrons. The molecule has 0 saturated carbocycles. The molecule has 0 bridgehead atoms. The molecular formula is C31H16Cl2N4O2S. The molecule has 7 aromatic rings. The van der Waals surface area contributed by atoms with Crippen LogP contribution in [0, 0.1) is 0 Å². The van der Waals surface area contributed by atoms with Gasteiger partial charge in [-0.15, -0.1) is 0 Å². The molecule has 9 rings (SSSR count). The van der Waals surface area contributed by atoms with Crippen molar-refractivity contribution in [3.63, 3.8) is 0 Å². The van der Waals surface area contributed by atoms with Crippen molar-refractivity contribution in [1.82, 2.24) is 8.54 Å². The summed E-state index contributed by atoms with van der Waals surface area (Å²) in [6.07, 6.45) is 0. The number of hydrogen-bond donors (Lipinski definition) is 1. The number of nitrogens with zero attached hydrogens (tertiary/aromatic N) is 4. The van der Waals surface area contributed by atoms with E-state index in [2.05, 4.69) is 22.8 Å². The van der Waals surface area contributed by atoms with Crippen LogP contribution in [0.15, 0.2) is 82.8 Å². The van der Waals surface area contributed by atoms with Crippen molar-refractivity contribution in [2.45, 2.75) is 0 Å². The highest BCUT2D eigenvalue weighted by Gasteiger charge is 2.28. The molecule has 2 aliphatic heterocycles. The van der Waals surface area contributed by atoms with E-state index in [-0.39, 0.29) is 0 Å². The SMILES string of the molecule is Cn1c2ccccc2c2cc3c(cc21)Oc1c(Cl)c2c(c(Cl)c1=N3)Oc1cc3c(cc1N=2)c1ccccc1n3S. The summed E-state index contributed by atoms with van der Waals surface area (Å²) in [6.45, 7) is 0. The highest BCUT2D eigenvalue weighted by Crippen LogP contribution is 2.46. The molecule has 6 nitrogen and oxygen atoms in total. The smallest absolute Gasteiger partial charge is 0.175 e. The third kappa shape index (κ3) is 2.81. The fourth-order valence-corrected chi connectivity index (χ4v) is 6.80. The Balaban J connectivity index is 1.29. The molecule has 0 unspecified atom stereocenters. The second-order valence-corrected chi connectivity index (χ2v) is 11.1. The Morgan fingerprint density at radius 1 is 0.625 bits per heavy atom. The quantitative estimate of drug-likeness (QED) is 0.183. The summed E-state index contributed by atoms with van der Waals surface area (Å²) in [4.78, 5) is 9.79. The number of halogens is 2. The fraction of sp³-hybridized carbons (Fsp3) is 0.0323. The molecule has 0 amide bonds. The molecular weight excluding hydrogens is 563 g/mol. The lowest BCUT2D eigenvalue weighted by atomic mass is 10.1. The van der Waals surface area contributed by atoms with Crippen molar-refractivity contribution >= 4 is 91.0 Å². The zero-order valence-electron chi connectivity index (χ0n) is 20.7. The Hall–Kier alpha value is -4.17. The third-order valence-corrected chi connectivity index (χ3v) is 8.99. The molecule has 0 saturated heterocycles. The topological polar surface area (TPSA) is 53.0 Å². The Labute approximate surface area is 241 Å². The van der Waals surface area contributed by atoms with Gasteiger partial charge in [-0.25, -0.2) is 9.98 Å². The molecule has 5 aromatic carbocycles. The Morgan fingerprint density at radius 2 is 1.12 bits per heavy atom. The first-order valence-electron chi connectivity index (χ1n) is 12.6. The molecule has 2 aliphatic rings. The highest BCUT2D eigenvalue weighted by atomic mass is 35.5. The zero-order valence-corrected chi connectivity index (χ0v) is 23.1. The van der Waals surface area contributed by atoms with E-state index in [1.807, 2.05) is 65.6 Å². The van der Waals surface area contributed by atoms with Crippen LogP contribution in [0.5, 0.6) is 23.0 Å². The van der Waals surface area contributed by atoms with E-state index in [4.69, 9.17) is 55.5 Å². The van der Waals surface area contributed by atoms with Crippen LogP contribution in [0.4, 0.5) is 11.4 Å². The first kappa shape index (κ1) is 22.6. The molecule has 40 heavy (non-hydrogen) atoms. The minimum atomic E-state index is 0.291. The number of para-hydroxylation sites is 2. The van der Waals surface area contributed by atoms with Crippen molar-refractivity contribution in [2.24, 2.45) is 17.0 Å². The van der Waals surface area contributed by atoms with Crippen LogP contribution in [0.25, 0.3) is 43.6 Å². The number of thiol groups is 1. The summed E-state index contributed by atoms with van der Waals surface area (Å²) in [5.41, 5.74) is 5.38. The Kier molecular flexibility index (Phi) is 4.37. The lowest BCUT2D eigenvalue weighted by Gasteiger charge is -2.21. The molecule has 0 N–H and O–H groups in total. The number of benzene rings is 5. The second-order valence-electron chi connectivity index (χ2n) is 9.99. The van der Waals surface area contributed by atoms with Gasteiger partial charge in [0, 0.05) is 46.2 Å². The van der Waals surface area contributed by atoms with Crippen molar-refractivity contribution in [3.8, 4) is 23.0 Å². The van der Waals surface area contributed by atoms with Gasteiger partial charge in [0.2, 0.25) is 0 Å². The van der Waals surface area contributed by atoms with Gasteiger partial charge in [0.05, 0.1) is 16.6 Å². The lowest BCUT2D eigenvalue weighted by Crippen LogP contribution is -2.22. The van der Waals surface area contributed by atoms with E-state index in [1.54, 1.807) is 0 Å². The predicted molar refractivity (Wildman–Crippen MR) is 162 cm³/mol. The number of fused-ring (bicyclic) bond motifs is 10. The largest absolute Gasteiger partial charge is 0.451 e. The maximum absolute atomic E-state index is 6.94. The van der Waals surface area contributed by atoms with Crippen LogP contribution in [0.3, 0.4) is 0 Å². The Morgan fingerprint density at radius 3 is 1.75 bits per heavy atom. The first-order valence-corrected chi connectivity index (χ1v) is 13.8. The van der Waals surface area contributed by atoms with Crippen molar-refractivity contribution in [3.05, 3.63) is 93.6 Å². The van der Waals surface area contributed by atoms with Gasteiger partial charge in [-0.3, -0.25) is 3.97 Å². The van der Waals surface area contributed by atoms with E-state index in [1.165, 1.54) is 0 Å². The van der Waals surface area contributed by atoms with Gasteiger partial charge in [-0.1, -0.05) is 72.4 Å². The molecule has 0 radical (unpaired) electrons.